The van der Waals surface area contributed by atoms with Crippen LogP contribution in [0.15, 0.2) is 0 Å². The quantitative estimate of drug-likeness (QED) is 0.742. The van der Waals surface area contributed by atoms with Gasteiger partial charge >= 0.3 is 0 Å². The third-order valence-electron chi connectivity index (χ3n) is 4.18. The molecular weight excluding hydrogens is 188 g/mol. The molecule has 0 bridgehead atoms. The first kappa shape index (κ1) is 11.4. The number of hydrogen-bond donors (Lipinski definition) is 1. The highest BCUT2D eigenvalue weighted by atomic mass is 16.5. The summed E-state index contributed by atoms with van der Waals surface area (Å²) in [7, 11) is 0. The van der Waals surface area contributed by atoms with E-state index in [1.807, 2.05) is 0 Å². The van der Waals surface area contributed by atoms with Crippen molar-refractivity contribution in [3.63, 3.8) is 0 Å². The van der Waals surface area contributed by atoms with Gasteiger partial charge in [0.1, 0.15) is 0 Å². The van der Waals surface area contributed by atoms with E-state index in [2.05, 4.69) is 24.1 Å². The summed E-state index contributed by atoms with van der Waals surface area (Å²) in [4.78, 5) is 2.71. The van der Waals surface area contributed by atoms with Gasteiger partial charge in [0.2, 0.25) is 0 Å². The van der Waals surface area contributed by atoms with Crippen molar-refractivity contribution in [2.75, 3.05) is 39.4 Å². The molecule has 2 heterocycles. The van der Waals surface area contributed by atoms with Crippen molar-refractivity contribution in [3.8, 4) is 0 Å². The molecule has 1 N–H and O–H groups in total. The summed E-state index contributed by atoms with van der Waals surface area (Å²) >= 11 is 0. The third kappa shape index (κ3) is 2.19. The molecular formula is C12H24N2O. The largest absolute Gasteiger partial charge is 0.381 e. The Hall–Kier alpha value is -0.120. The second-order valence-corrected chi connectivity index (χ2v) is 5.11. The van der Waals surface area contributed by atoms with Gasteiger partial charge < -0.3 is 10.1 Å². The van der Waals surface area contributed by atoms with E-state index >= 15 is 0 Å². The maximum Gasteiger partial charge on any atom is 0.0483 e. The molecule has 0 aromatic rings. The van der Waals surface area contributed by atoms with Crippen LogP contribution in [0, 0.1) is 5.92 Å². The van der Waals surface area contributed by atoms with Crippen LogP contribution in [0.5, 0.6) is 0 Å². The molecule has 0 aromatic carbocycles. The lowest BCUT2D eigenvalue weighted by molar-refractivity contribution is -0.0583. The van der Waals surface area contributed by atoms with Crippen LogP contribution in [0.4, 0.5) is 0 Å². The number of piperazine rings is 1. The van der Waals surface area contributed by atoms with Gasteiger partial charge in [0.05, 0.1) is 0 Å². The minimum Gasteiger partial charge on any atom is -0.381 e. The molecule has 2 rings (SSSR count). The fourth-order valence-electron chi connectivity index (χ4n) is 3.09. The van der Waals surface area contributed by atoms with Crippen molar-refractivity contribution in [1.29, 1.82) is 0 Å². The first-order chi connectivity index (χ1) is 7.26. The van der Waals surface area contributed by atoms with Gasteiger partial charge in [-0.3, -0.25) is 4.90 Å². The normalized spacial score (nSPS) is 28.2. The van der Waals surface area contributed by atoms with E-state index in [-0.39, 0.29) is 0 Å². The molecule has 0 saturated carbocycles. The zero-order valence-electron chi connectivity index (χ0n) is 10.1. The van der Waals surface area contributed by atoms with Gasteiger partial charge in [-0.1, -0.05) is 13.8 Å². The Labute approximate surface area is 93.2 Å². The van der Waals surface area contributed by atoms with Crippen molar-refractivity contribution < 1.29 is 4.74 Å². The van der Waals surface area contributed by atoms with Gasteiger partial charge in [-0.15, -0.1) is 0 Å². The molecule has 0 radical (unpaired) electrons. The van der Waals surface area contributed by atoms with Gasteiger partial charge in [0.15, 0.2) is 0 Å². The summed E-state index contributed by atoms with van der Waals surface area (Å²) in [5, 5.41) is 3.44. The molecule has 3 heteroatoms. The highest BCUT2D eigenvalue weighted by Gasteiger charge is 2.41. The van der Waals surface area contributed by atoms with Crippen LogP contribution in [0.25, 0.3) is 0 Å². The van der Waals surface area contributed by atoms with Crippen molar-refractivity contribution in [3.05, 3.63) is 0 Å². The number of rotatable bonds is 2. The van der Waals surface area contributed by atoms with Gasteiger partial charge in [-0.2, -0.15) is 0 Å². The average molecular weight is 212 g/mol. The van der Waals surface area contributed by atoms with Gasteiger partial charge in [0, 0.05) is 44.9 Å². The molecule has 0 aromatic heterocycles. The van der Waals surface area contributed by atoms with Crippen LogP contribution in [0.1, 0.15) is 26.7 Å². The number of nitrogens with one attached hydrogen (secondary N) is 1. The average Bonchev–Trinajstić information content (AvgIpc) is 2.31. The minimum atomic E-state index is 0.417. The standard InChI is InChI=1S/C12H24N2O/c1-11(2)12(3-9-15-10-4-12)14-7-5-13-6-8-14/h11,13H,3-10H2,1-2H3. The predicted octanol–water partition coefficient (Wildman–Crippen LogP) is 1.10. The molecule has 2 fully saturated rings. The molecule has 3 nitrogen and oxygen atoms in total. The van der Waals surface area contributed by atoms with E-state index in [0.29, 0.717) is 5.54 Å². The molecule has 2 aliphatic heterocycles. The summed E-state index contributed by atoms with van der Waals surface area (Å²) < 4.78 is 5.52. The fraction of sp³-hybridized carbons (Fsp3) is 1.00. The lowest BCUT2D eigenvalue weighted by atomic mass is 9.77. The molecule has 2 aliphatic rings. The van der Waals surface area contributed by atoms with Crippen LogP contribution < -0.4 is 5.32 Å². The van der Waals surface area contributed by atoms with Gasteiger partial charge in [-0.05, 0) is 18.8 Å². The van der Waals surface area contributed by atoms with E-state index in [4.69, 9.17) is 4.74 Å². The topological polar surface area (TPSA) is 24.5 Å². The SMILES string of the molecule is CC(C)C1(N2CCNCC2)CCOCC1. The Morgan fingerprint density at radius 1 is 1.13 bits per heavy atom. The molecule has 88 valence electrons. The van der Waals surface area contributed by atoms with E-state index in [9.17, 15) is 0 Å². The third-order valence-corrected chi connectivity index (χ3v) is 4.18. The first-order valence-corrected chi connectivity index (χ1v) is 6.29. The lowest BCUT2D eigenvalue weighted by Crippen LogP contribution is -2.60. The predicted molar refractivity (Wildman–Crippen MR) is 62.1 cm³/mol. The van der Waals surface area contributed by atoms with E-state index in [1.165, 1.54) is 25.9 Å². The van der Waals surface area contributed by atoms with Crippen LogP contribution in [0.3, 0.4) is 0 Å². The van der Waals surface area contributed by atoms with Crippen LogP contribution >= 0.6 is 0 Å². The summed E-state index contributed by atoms with van der Waals surface area (Å²) in [6.45, 7) is 11.3. The van der Waals surface area contributed by atoms with E-state index < -0.39 is 0 Å². The summed E-state index contributed by atoms with van der Waals surface area (Å²) in [6, 6.07) is 0. The van der Waals surface area contributed by atoms with Crippen molar-refractivity contribution in [2.45, 2.75) is 32.2 Å². The molecule has 15 heavy (non-hydrogen) atoms. The number of nitrogens with zero attached hydrogens (tertiary/aromatic N) is 1. The Morgan fingerprint density at radius 3 is 2.27 bits per heavy atom. The summed E-state index contributed by atoms with van der Waals surface area (Å²) in [5.74, 6) is 0.736. The smallest absolute Gasteiger partial charge is 0.0483 e. The highest BCUT2D eigenvalue weighted by Crippen LogP contribution is 2.35. The maximum absolute atomic E-state index is 5.52. The lowest BCUT2D eigenvalue weighted by Gasteiger charge is -2.50. The van der Waals surface area contributed by atoms with E-state index in [0.717, 1.165) is 32.2 Å². The Bertz CT molecular complexity index is 194. The zero-order valence-corrected chi connectivity index (χ0v) is 10.1. The highest BCUT2D eigenvalue weighted by molar-refractivity contribution is 4.96. The summed E-state index contributed by atoms with van der Waals surface area (Å²) in [5.41, 5.74) is 0.417. The van der Waals surface area contributed by atoms with Gasteiger partial charge in [0.25, 0.3) is 0 Å². The second kappa shape index (κ2) is 4.81. The van der Waals surface area contributed by atoms with Crippen molar-refractivity contribution in [1.82, 2.24) is 10.2 Å². The van der Waals surface area contributed by atoms with Crippen LogP contribution in [-0.4, -0.2) is 49.8 Å². The fourth-order valence-corrected chi connectivity index (χ4v) is 3.09. The van der Waals surface area contributed by atoms with Crippen molar-refractivity contribution in [2.24, 2.45) is 5.92 Å². The maximum atomic E-state index is 5.52. The number of hydrogen-bond acceptors (Lipinski definition) is 3. The van der Waals surface area contributed by atoms with Crippen molar-refractivity contribution >= 4 is 0 Å². The van der Waals surface area contributed by atoms with Crippen LogP contribution in [0.2, 0.25) is 0 Å². The molecule has 0 atom stereocenters. The van der Waals surface area contributed by atoms with E-state index in [1.54, 1.807) is 0 Å². The molecule has 2 saturated heterocycles. The number of ether oxygens (including phenoxy) is 1. The Morgan fingerprint density at radius 2 is 1.73 bits per heavy atom. The Kier molecular flexibility index (Phi) is 3.65. The Balaban J connectivity index is 2.09. The molecule has 0 amide bonds. The molecule has 0 aliphatic carbocycles. The summed E-state index contributed by atoms with van der Waals surface area (Å²) in [6.07, 6.45) is 2.43. The monoisotopic (exact) mass is 212 g/mol. The van der Waals surface area contributed by atoms with Crippen LogP contribution in [-0.2, 0) is 4.74 Å². The first-order valence-electron chi connectivity index (χ1n) is 6.29. The second-order valence-electron chi connectivity index (χ2n) is 5.11. The molecule has 0 spiro atoms. The zero-order chi connectivity index (χ0) is 10.7. The molecule has 0 unspecified atom stereocenters. The minimum absolute atomic E-state index is 0.417. The van der Waals surface area contributed by atoms with Gasteiger partial charge in [-0.25, -0.2) is 0 Å².